The molecule has 2 nitrogen and oxygen atoms in total. The summed E-state index contributed by atoms with van der Waals surface area (Å²) in [4.78, 5) is 2.32. The maximum Gasteiger partial charge on any atom is 0.0477 e. The Hall–Kier alpha value is -0.600. The number of piperidine rings is 1. The number of likely N-dealkylation sites (tertiary alicyclic amines) is 1. The lowest BCUT2D eigenvalue weighted by molar-refractivity contribution is 0.0986. The summed E-state index contributed by atoms with van der Waals surface area (Å²) in [5.74, 6) is 1.51. The molecule has 0 bridgehead atoms. The van der Waals surface area contributed by atoms with Crippen LogP contribution in [0.25, 0.3) is 0 Å². The van der Waals surface area contributed by atoms with Gasteiger partial charge in [-0.25, -0.2) is 0 Å². The zero-order chi connectivity index (χ0) is 12.8. The van der Waals surface area contributed by atoms with E-state index < -0.39 is 0 Å². The second-order valence-corrected chi connectivity index (χ2v) is 5.45. The van der Waals surface area contributed by atoms with Crippen molar-refractivity contribution < 1.29 is 5.11 Å². The number of hydrogen-bond acceptors (Lipinski definition) is 2. The fourth-order valence-corrected chi connectivity index (χ4v) is 2.79. The Morgan fingerprint density at radius 1 is 1.47 bits per heavy atom. The third-order valence-electron chi connectivity index (χ3n) is 3.75. The molecule has 98 valence electrons. The van der Waals surface area contributed by atoms with Crippen molar-refractivity contribution in [1.29, 1.82) is 0 Å². The van der Waals surface area contributed by atoms with Crippen molar-refractivity contribution in [3.8, 4) is 0 Å². The lowest BCUT2D eigenvalue weighted by Gasteiger charge is -2.38. The molecule has 2 heteroatoms. The van der Waals surface area contributed by atoms with Gasteiger partial charge in [-0.15, -0.1) is 0 Å². The van der Waals surface area contributed by atoms with Crippen LogP contribution in [0.3, 0.4) is 0 Å². The van der Waals surface area contributed by atoms with Crippen LogP contribution in [0.15, 0.2) is 23.8 Å². The molecule has 17 heavy (non-hydrogen) atoms. The number of allylic oxidation sites excluding steroid dienone is 4. The van der Waals surface area contributed by atoms with Gasteiger partial charge in [0.15, 0.2) is 0 Å². The minimum atomic E-state index is 0.301. The summed E-state index contributed by atoms with van der Waals surface area (Å²) in [7, 11) is 2.14. The number of rotatable bonds is 4. The summed E-state index contributed by atoms with van der Waals surface area (Å²) < 4.78 is 0. The first-order chi connectivity index (χ1) is 8.10. The topological polar surface area (TPSA) is 23.5 Å². The highest BCUT2D eigenvalue weighted by molar-refractivity contribution is 5.18. The van der Waals surface area contributed by atoms with Gasteiger partial charge in [0.05, 0.1) is 0 Å². The summed E-state index contributed by atoms with van der Waals surface area (Å²) in [6.45, 7) is 9.01. The highest BCUT2D eigenvalue weighted by Crippen LogP contribution is 2.33. The van der Waals surface area contributed by atoms with E-state index in [9.17, 15) is 5.11 Å². The standard InChI is InChI=1S/C15H27NO/c1-5-6-7-14(12(2)3)15-8-9-16(4)10-13(15)11-17/h5-7,12-13,15,17H,8-11H2,1-4H3/b6-5-,14-7+. The Morgan fingerprint density at radius 3 is 2.71 bits per heavy atom. The highest BCUT2D eigenvalue weighted by Gasteiger charge is 2.30. The maximum absolute atomic E-state index is 9.56. The van der Waals surface area contributed by atoms with Gasteiger partial charge in [-0.1, -0.05) is 37.6 Å². The van der Waals surface area contributed by atoms with Gasteiger partial charge in [-0.05, 0) is 38.8 Å². The lowest BCUT2D eigenvalue weighted by Crippen LogP contribution is -2.41. The number of aliphatic hydroxyl groups excluding tert-OH is 1. The van der Waals surface area contributed by atoms with Crippen molar-refractivity contribution in [1.82, 2.24) is 4.90 Å². The first kappa shape index (κ1) is 14.5. The summed E-state index contributed by atoms with van der Waals surface area (Å²) in [5.41, 5.74) is 1.50. The molecule has 1 heterocycles. The van der Waals surface area contributed by atoms with Crippen LogP contribution in [0.2, 0.25) is 0 Å². The second kappa shape index (κ2) is 6.97. The smallest absolute Gasteiger partial charge is 0.0477 e. The SMILES string of the molecule is C/C=C\C=C(/C(C)C)C1CCN(C)CC1CO. The van der Waals surface area contributed by atoms with E-state index in [1.165, 1.54) is 12.0 Å². The highest BCUT2D eigenvalue weighted by atomic mass is 16.3. The number of nitrogens with zero attached hydrogens (tertiary/aromatic N) is 1. The summed E-state index contributed by atoms with van der Waals surface area (Å²) in [6, 6.07) is 0. The van der Waals surface area contributed by atoms with E-state index in [0.29, 0.717) is 24.4 Å². The molecule has 1 fully saturated rings. The lowest BCUT2D eigenvalue weighted by atomic mass is 9.76. The van der Waals surface area contributed by atoms with Gasteiger partial charge >= 0.3 is 0 Å². The zero-order valence-electron chi connectivity index (χ0n) is 11.7. The van der Waals surface area contributed by atoms with Crippen LogP contribution in [0.5, 0.6) is 0 Å². The van der Waals surface area contributed by atoms with Crippen LogP contribution in [-0.4, -0.2) is 36.8 Å². The Labute approximate surface area is 106 Å². The molecule has 0 aromatic heterocycles. The zero-order valence-corrected chi connectivity index (χ0v) is 11.7. The van der Waals surface area contributed by atoms with Gasteiger partial charge in [0, 0.05) is 19.1 Å². The molecule has 0 amide bonds. The Balaban J connectivity index is 2.85. The third-order valence-corrected chi connectivity index (χ3v) is 3.75. The van der Waals surface area contributed by atoms with Gasteiger partial charge in [0.1, 0.15) is 0 Å². The molecule has 2 unspecified atom stereocenters. The van der Waals surface area contributed by atoms with Gasteiger partial charge in [-0.2, -0.15) is 0 Å². The largest absolute Gasteiger partial charge is 0.396 e. The molecule has 0 saturated carbocycles. The monoisotopic (exact) mass is 237 g/mol. The third kappa shape index (κ3) is 3.97. The van der Waals surface area contributed by atoms with Crippen LogP contribution in [0.4, 0.5) is 0 Å². The van der Waals surface area contributed by atoms with Gasteiger partial charge < -0.3 is 10.0 Å². The minimum absolute atomic E-state index is 0.301. The summed E-state index contributed by atoms with van der Waals surface area (Å²) in [6.07, 6.45) is 7.62. The van der Waals surface area contributed by atoms with E-state index in [1.807, 2.05) is 6.92 Å². The van der Waals surface area contributed by atoms with E-state index in [4.69, 9.17) is 0 Å². The first-order valence-electron chi connectivity index (χ1n) is 6.72. The molecule has 0 aromatic rings. The molecule has 0 aromatic carbocycles. The van der Waals surface area contributed by atoms with E-state index in [0.717, 1.165) is 13.1 Å². The molecule has 1 aliphatic rings. The van der Waals surface area contributed by atoms with Crippen LogP contribution >= 0.6 is 0 Å². The minimum Gasteiger partial charge on any atom is -0.396 e. The van der Waals surface area contributed by atoms with Crippen LogP contribution in [-0.2, 0) is 0 Å². The Bertz CT molecular complexity index is 281. The number of hydrogen-bond donors (Lipinski definition) is 1. The Morgan fingerprint density at radius 2 is 2.18 bits per heavy atom. The van der Waals surface area contributed by atoms with Gasteiger partial charge in [-0.3, -0.25) is 0 Å². The van der Waals surface area contributed by atoms with Crippen LogP contribution in [0, 0.1) is 17.8 Å². The van der Waals surface area contributed by atoms with Gasteiger partial charge in [0.2, 0.25) is 0 Å². The Kier molecular flexibility index (Phi) is 5.93. The molecule has 1 saturated heterocycles. The molecule has 2 atom stereocenters. The molecular formula is C15H27NO. The second-order valence-electron chi connectivity index (χ2n) is 5.45. The first-order valence-corrected chi connectivity index (χ1v) is 6.72. The van der Waals surface area contributed by atoms with E-state index in [2.05, 4.69) is 44.0 Å². The number of aliphatic hydroxyl groups is 1. The molecule has 1 rings (SSSR count). The maximum atomic E-state index is 9.56. The van der Waals surface area contributed by atoms with Crippen molar-refractivity contribution >= 4 is 0 Å². The molecule has 0 aliphatic carbocycles. The fourth-order valence-electron chi connectivity index (χ4n) is 2.79. The molecule has 1 aliphatic heterocycles. The normalized spacial score (nSPS) is 28.2. The van der Waals surface area contributed by atoms with Gasteiger partial charge in [0.25, 0.3) is 0 Å². The van der Waals surface area contributed by atoms with Crippen molar-refractivity contribution in [3.05, 3.63) is 23.8 Å². The van der Waals surface area contributed by atoms with Crippen molar-refractivity contribution in [2.24, 2.45) is 17.8 Å². The summed E-state index contributed by atoms with van der Waals surface area (Å²) >= 11 is 0. The van der Waals surface area contributed by atoms with Crippen LogP contribution in [0.1, 0.15) is 27.2 Å². The summed E-state index contributed by atoms with van der Waals surface area (Å²) in [5, 5.41) is 9.56. The average molecular weight is 237 g/mol. The van der Waals surface area contributed by atoms with Crippen molar-refractivity contribution in [2.45, 2.75) is 27.2 Å². The van der Waals surface area contributed by atoms with Crippen LogP contribution < -0.4 is 0 Å². The van der Waals surface area contributed by atoms with E-state index in [1.54, 1.807) is 0 Å². The quantitative estimate of drug-likeness (QED) is 0.760. The van der Waals surface area contributed by atoms with Crippen molar-refractivity contribution in [2.75, 3.05) is 26.7 Å². The molecule has 0 spiro atoms. The van der Waals surface area contributed by atoms with Crippen molar-refractivity contribution in [3.63, 3.8) is 0 Å². The fraction of sp³-hybridized carbons (Fsp3) is 0.733. The molecule has 0 radical (unpaired) electrons. The van der Waals surface area contributed by atoms with E-state index >= 15 is 0 Å². The average Bonchev–Trinajstić information content (AvgIpc) is 2.30. The predicted octanol–water partition coefficient (Wildman–Crippen LogP) is 2.71. The molecule has 1 N–H and O–H groups in total. The molecular weight excluding hydrogens is 210 g/mol. The predicted molar refractivity (Wildman–Crippen MR) is 73.9 cm³/mol. The van der Waals surface area contributed by atoms with E-state index in [-0.39, 0.29) is 0 Å².